The zero-order valence-corrected chi connectivity index (χ0v) is 12.8. The molecule has 0 radical (unpaired) electrons. The van der Waals surface area contributed by atoms with Crippen LogP contribution in [-0.2, 0) is 27.3 Å². The van der Waals surface area contributed by atoms with E-state index < -0.39 is 11.9 Å². The summed E-state index contributed by atoms with van der Waals surface area (Å²) in [4.78, 5) is 23.2. The van der Waals surface area contributed by atoms with Crippen molar-refractivity contribution in [3.8, 4) is 5.75 Å². The van der Waals surface area contributed by atoms with E-state index in [2.05, 4.69) is 4.74 Å². The molecule has 0 amide bonds. The second-order valence-corrected chi connectivity index (χ2v) is 5.04. The van der Waals surface area contributed by atoms with E-state index in [1.54, 1.807) is 6.07 Å². The molecule has 1 N–H and O–H groups in total. The normalized spacial score (nSPS) is 10.7. The first-order valence-corrected chi connectivity index (χ1v) is 7.08. The molecular formula is C17H14O7. The van der Waals surface area contributed by atoms with E-state index in [1.165, 1.54) is 37.6 Å². The van der Waals surface area contributed by atoms with Crippen LogP contribution in [0, 0.1) is 0 Å². The summed E-state index contributed by atoms with van der Waals surface area (Å²) < 4.78 is 20.2. The number of fused-ring (bicyclic) bond motifs is 1. The highest BCUT2D eigenvalue weighted by molar-refractivity contribution is 5.87. The zero-order chi connectivity index (χ0) is 17.1. The predicted molar refractivity (Wildman–Crippen MR) is 81.4 cm³/mol. The van der Waals surface area contributed by atoms with E-state index in [1.807, 2.05) is 0 Å². The Morgan fingerprint density at radius 3 is 2.83 bits per heavy atom. The van der Waals surface area contributed by atoms with Crippen molar-refractivity contribution in [3.63, 3.8) is 0 Å². The Morgan fingerprint density at radius 1 is 1.21 bits per heavy atom. The van der Waals surface area contributed by atoms with Gasteiger partial charge in [-0.25, -0.2) is 4.79 Å². The van der Waals surface area contributed by atoms with Gasteiger partial charge >= 0.3 is 11.9 Å². The van der Waals surface area contributed by atoms with Crippen LogP contribution in [0.5, 0.6) is 5.75 Å². The van der Waals surface area contributed by atoms with E-state index in [-0.39, 0.29) is 24.5 Å². The van der Waals surface area contributed by atoms with Crippen LogP contribution in [0.4, 0.5) is 0 Å². The number of furan rings is 2. The van der Waals surface area contributed by atoms with Crippen LogP contribution in [0.15, 0.2) is 45.4 Å². The van der Waals surface area contributed by atoms with E-state index in [0.29, 0.717) is 16.9 Å². The lowest BCUT2D eigenvalue weighted by atomic mass is 10.1. The van der Waals surface area contributed by atoms with E-state index >= 15 is 0 Å². The molecule has 0 aliphatic carbocycles. The van der Waals surface area contributed by atoms with Gasteiger partial charge in [-0.15, -0.1) is 0 Å². The van der Waals surface area contributed by atoms with Gasteiger partial charge in [0, 0.05) is 17.0 Å². The molecule has 0 atom stereocenters. The van der Waals surface area contributed by atoms with Crippen LogP contribution in [0.3, 0.4) is 0 Å². The van der Waals surface area contributed by atoms with Gasteiger partial charge in [0.1, 0.15) is 23.7 Å². The summed E-state index contributed by atoms with van der Waals surface area (Å²) in [6.07, 6.45) is 1.47. The fraction of sp³-hybridized carbons (Fsp3) is 0.176. The van der Waals surface area contributed by atoms with Gasteiger partial charge in [-0.1, -0.05) is 0 Å². The third-order valence-electron chi connectivity index (χ3n) is 3.40. The van der Waals surface area contributed by atoms with Crippen molar-refractivity contribution < 1.29 is 33.0 Å². The Kier molecular flexibility index (Phi) is 4.24. The lowest BCUT2D eigenvalue weighted by Gasteiger charge is -2.02. The molecule has 7 heteroatoms. The number of aromatic hydroxyl groups is 1. The van der Waals surface area contributed by atoms with Gasteiger partial charge in [-0.3, -0.25) is 4.79 Å². The lowest BCUT2D eigenvalue weighted by molar-refractivity contribution is -0.144. The van der Waals surface area contributed by atoms with Crippen molar-refractivity contribution in [2.75, 3.05) is 7.11 Å². The van der Waals surface area contributed by atoms with Crippen molar-refractivity contribution in [2.45, 2.75) is 13.0 Å². The van der Waals surface area contributed by atoms with Crippen molar-refractivity contribution in [3.05, 3.63) is 53.7 Å². The summed E-state index contributed by atoms with van der Waals surface area (Å²) in [6.45, 7) is -0.0909. The van der Waals surface area contributed by atoms with Crippen molar-refractivity contribution in [2.24, 2.45) is 0 Å². The highest BCUT2D eigenvalue weighted by Gasteiger charge is 2.14. The first kappa shape index (κ1) is 15.7. The molecule has 0 bridgehead atoms. The Hall–Kier alpha value is -3.22. The molecule has 7 nitrogen and oxygen atoms in total. The van der Waals surface area contributed by atoms with E-state index in [9.17, 15) is 14.7 Å². The van der Waals surface area contributed by atoms with Crippen LogP contribution in [0.25, 0.3) is 11.0 Å². The second-order valence-electron chi connectivity index (χ2n) is 5.04. The Balaban J connectivity index is 1.61. The first-order chi connectivity index (χ1) is 11.6. The molecule has 0 spiro atoms. The molecule has 0 saturated heterocycles. The minimum Gasteiger partial charge on any atom is -0.508 e. The van der Waals surface area contributed by atoms with Gasteiger partial charge in [0.15, 0.2) is 0 Å². The lowest BCUT2D eigenvalue weighted by Crippen LogP contribution is -2.07. The molecule has 0 unspecified atom stereocenters. The third kappa shape index (κ3) is 3.24. The number of rotatable bonds is 5. The van der Waals surface area contributed by atoms with Gasteiger partial charge in [-0.2, -0.15) is 0 Å². The maximum absolute atomic E-state index is 11.9. The molecule has 0 fully saturated rings. The molecule has 2 heterocycles. The molecule has 3 aromatic rings. The quantitative estimate of drug-likeness (QED) is 0.718. The molecule has 0 aliphatic rings. The highest BCUT2D eigenvalue weighted by atomic mass is 16.5. The smallest absolute Gasteiger partial charge is 0.373 e. The monoisotopic (exact) mass is 330 g/mol. The molecule has 24 heavy (non-hydrogen) atoms. The maximum atomic E-state index is 11.9. The third-order valence-corrected chi connectivity index (χ3v) is 3.40. The van der Waals surface area contributed by atoms with Crippen LogP contribution < -0.4 is 0 Å². The summed E-state index contributed by atoms with van der Waals surface area (Å²) in [5, 5.41) is 10.1. The fourth-order valence-corrected chi connectivity index (χ4v) is 2.23. The molecule has 3 rings (SSSR count). The number of esters is 2. The topological polar surface area (TPSA) is 99.1 Å². The number of benzene rings is 1. The maximum Gasteiger partial charge on any atom is 0.373 e. The molecule has 2 aromatic heterocycles. The number of hydrogen-bond donors (Lipinski definition) is 1. The Labute approximate surface area is 136 Å². The van der Waals surface area contributed by atoms with Gasteiger partial charge in [-0.05, 0) is 24.3 Å². The Morgan fingerprint density at radius 2 is 2.04 bits per heavy atom. The van der Waals surface area contributed by atoms with Gasteiger partial charge in [0.2, 0.25) is 5.76 Å². The summed E-state index contributed by atoms with van der Waals surface area (Å²) in [5.41, 5.74) is 1.15. The highest BCUT2D eigenvalue weighted by Crippen LogP contribution is 2.25. The minimum absolute atomic E-state index is 0.0162. The molecule has 0 saturated carbocycles. The predicted octanol–water partition coefficient (Wildman–Crippen LogP) is 2.80. The second kappa shape index (κ2) is 6.49. The van der Waals surface area contributed by atoms with Crippen molar-refractivity contribution in [1.29, 1.82) is 0 Å². The van der Waals surface area contributed by atoms with Crippen molar-refractivity contribution in [1.82, 2.24) is 0 Å². The van der Waals surface area contributed by atoms with Gasteiger partial charge in [0.25, 0.3) is 0 Å². The standard InChI is InChI=1S/C17H14O7/c1-21-17(20)14-5-3-12(24-14)9-23-16(19)6-10-8-22-15-7-11(18)2-4-13(10)15/h2-5,7-8,18H,6,9H2,1H3. The minimum atomic E-state index is -0.597. The van der Waals surface area contributed by atoms with Gasteiger partial charge < -0.3 is 23.4 Å². The summed E-state index contributed by atoms with van der Waals surface area (Å²) >= 11 is 0. The number of phenolic OH excluding ortho intramolecular Hbond substituents is 1. The number of carbonyl (C=O) groups is 2. The van der Waals surface area contributed by atoms with Crippen LogP contribution in [0.2, 0.25) is 0 Å². The van der Waals surface area contributed by atoms with Gasteiger partial charge in [0.05, 0.1) is 19.8 Å². The molecule has 0 aliphatic heterocycles. The zero-order valence-electron chi connectivity index (χ0n) is 12.8. The average Bonchev–Trinajstić information content (AvgIpc) is 3.19. The Bertz CT molecular complexity index is 887. The average molecular weight is 330 g/mol. The van der Waals surface area contributed by atoms with Crippen LogP contribution >= 0.6 is 0 Å². The van der Waals surface area contributed by atoms with E-state index in [4.69, 9.17) is 13.6 Å². The SMILES string of the molecule is COC(=O)c1ccc(COC(=O)Cc2coc3cc(O)ccc23)o1. The number of hydrogen-bond acceptors (Lipinski definition) is 7. The molecular weight excluding hydrogens is 316 g/mol. The first-order valence-electron chi connectivity index (χ1n) is 7.08. The van der Waals surface area contributed by atoms with Crippen LogP contribution in [0.1, 0.15) is 21.9 Å². The summed E-state index contributed by atoms with van der Waals surface area (Å²) in [5.74, 6) is -0.595. The van der Waals surface area contributed by atoms with Crippen LogP contribution in [-0.4, -0.2) is 24.2 Å². The molecule has 124 valence electrons. The number of carbonyl (C=O) groups excluding carboxylic acids is 2. The number of phenols is 1. The summed E-state index contributed by atoms with van der Waals surface area (Å²) in [6, 6.07) is 7.65. The largest absolute Gasteiger partial charge is 0.508 e. The van der Waals surface area contributed by atoms with E-state index in [0.717, 1.165) is 5.39 Å². The number of ether oxygens (including phenoxy) is 2. The molecule has 1 aromatic carbocycles. The number of methoxy groups -OCH3 is 1. The fourth-order valence-electron chi connectivity index (χ4n) is 2.23. The summed E-state index contributed by atoms with van der Waals surface area (Å²) in [7, 11) is 1.25. The van der Waals surface area contributed by atoms with Crippen molar-refractivity contribution >= 4 is 22.9 Å².